The number of carbonyl (C=O) groups is 1. The standard InChI is InChI=1S/C11H22N2OS.ClH/c1-9(8-15-3)11(14)13-6-4-10(12-2)5-7-13;/h9-10,12H,4-8H2,1-3H3;1H. The van der Waals surface area contributed by atoms with Gasteiger partial charge >= 0.3 is 0 Å². The van der Waals surface area contributed by atoms with Gasteiger partial charge < -0.3 is 10.2 Å². The third kappa shape index (κ3) is 4.52. The minimum Gasteiger partial charge on any atom is -0.342 e. The van der Waals surface area contributed by atoms with E-state index in [-0.39, 0.29) is 18.3 Å². The molecule has 1 rings (SSSR count). The number of hydrogen-bond donors (Lipinski definition) is 1. The minimum atomic E-state index is 0. The zero-order valence-electron chi connectivity index (χ0n) is 10.4. The van der Waals surface area contributed by atoms with E-state index in [2.05, 4.69) is 11.6 Å². The lowest BCUT2D eigenvalue weighted by Crippen LogP contribution is -2.46. The third-order valence-electron chi connectivity index (χ3n) is 3.05. The average molecular weight is 267 g/mol. The van der Waals surface area contributed by atoms with Crippen LogP contribution in [0.3, 0.4) is 0 Å². The van der Waals surface area contributed by atoms with Gasteiger partial charge in [0.1, 0.15) is 0 Å². The van der Waals surface area contributed by atoms with Crippen molar-refractivity contribution in [3.05, 3.63) is 0 Å². The van der Waals surface area contributed by atoms with Gasteiger partial charge in [-0.2, -0.15) is 11.8 Å². The summed E-state index contributed by atoms with van der Waals surface area (Å²) >= 11 is 1.75. The molecule has 5 heteroatoms. The number of amides is 1. The van der Waals surface area contributed by atoms with Gasteiger partial charge in [-0.05, 0) is 26.1 Å². The fourth-order valence-electron chi connectivity index (χ4n) is 2.02. The second-order valence-corrected chi connectivity index (χ2v) is 5.16. The van der Waals surface area contributed by atoms with E-state index in [1.54, 1.807) is 11.8 Å². The SMILES string of the molecule is CNC1CCN(C(=O)C(C)CSC)CC1.Cl. The molecule has 1 amide bonds. The Labute approximate surface area is 109 Å². The van der Waals surface area contributed by atoms with Crippen LogP contribution in [0.1, 0.15) is 19.8 Å². The first-order valence-electron chi connectivity index (χ1n) is 5.64. The maximum atomic E-state index is 12.0. The van der Waals surface area contributed by atoms with E-state index in [0.29, 0.717) is 11.9 Å². The van der Waals surface area contributed by atoms with E-state index >= 15 is 0 Å². The summed E-state index contributed by atoms with van der Waals surface area (Å²) in [6, 6.07) is 0.602. The number of piperidine rings is 1. The summed E-state index contributed by atoms with van der Waals surface area (Å²) in [7, 11) is 2.00. The van der Waals surface area contributed by atoms with Gasteiger partial charge in [0.15, 0.2) is 0 Å². The van der Waals surface area contributed by atoms with Crippen LogP contribution in [0, 0.1) is 5.92 Å². The van der Waals surface area contributed by atoms with Crippen molar-refractivity contribution in [3.8, 4) is 0 Å². The number of thioether (sulfide) groups is 1. The van der Waals surface area contributed by atoms with Crippen LogP contribution in [0.15, 0.2) is 0 Å². The van der Waals surface area contributed by atoms with Crippen molar-refractivity contribution in [2.45, 2.75) is 25.8 Å². The largest absolute Gasteiger partial charge is 0.342 e. The molecule has 16 heavy (non-hydrogen) atoms. The Morgan fingerprint density at radius 3 is 2.50 bits per heavy atom. The fraction of sp³-hybridized carbons (Fsp3) is 0.909. The molecular weight excluding hydrogens is 244 g/mol. The molecule has 1 unspecified atom stereocenters. The topological polar surface area (TPSA) is 32.3 Å². The van der Waals surface area contributed by atoms with Crippen molar-refractivity contribution in [3.63, 3.8) is 0 Å². The molecule has 1 atom stereocenters. The second-order valence-electron chi connectivity index (χ2n) is 4.24. The van der Waals surface area contributed by atoms with Crippen LogP contribution in [0.4, 0.5) is 0 Å². The lowest BCUT2D eigenvalue weighted by atomic mass is 10.0. The number of halogens is 1. The fourth-order valence-corrected chi connectivity index (χ4v) is 2.66. The molecule has 1 saturated heterocycles. The van der Waals surface area contributed by atoms with Crippen molar-refractivity contribution >= 4 is 30.1 Å². The Morgan fingerprint density at radius 1 is 1.50 bits per heavy atom. The van der Waals surface area contributed by atoms with Gasteiger partial charge in [-0.3, -0.25) is 4.79 Å². The summed E-state index contributed by atoms with van der Waals surface area (Å²) in [5.41, 5.74) is 0. The van der Waals surface area contributed by atoms with Crippen molar-refractivity contribution in [2.24, 2.45) is 5.92 Å². The van der Waals surface area contributed by atoms with Gasteiger partial charge in [0.05, 0.1) is 0 Å². The summed E-state index contributed by atoms with van der Waals surface area (Å²) in [6.45, 7) is 3.87. The highest BCUT2D eigenvalue weighted by Gasteiger charge is 2.24. The molecular formula is C11H23ClN2OS. The zero-order valence-corrected chi connectivity index (χ0v) is 12.0. The predicted molar refractivity (Wildman–Crippen MR) is 73.5 cm³/mol. The summed E-state index contributed by atoms with van der Waals surface area (Å²) in [5.74, 6) is 1.44. The third-order valence-corrected chi connectivity index (χ3v) is 3.89. The Bertz CT molecular complexity index is 208. The lowest BCUT2D eigenvalue weighted by molar-refractivity contribution is -0.135. The van der Waals surface area contributed by atoms with Crippen LogP contribution in [-0.2, 0) is 4.79 Å². The first kappa shape index (κ1) is 16.1. The van der Waals surface area contributed by atoms with E-state index in [1.165, 1.54) is 0 Å². The van der Waals surface area contributed by atoms with E-state index in [1.807, 2.05) is 18.9 Å². The second kappa shape index (κ2) is 8.20. The molecule has 1 aliphatic heterocycles. The molecule has 3 nitrogen and oxygen atoms in total. The summed E-state index contributed by atoms with van der Waals surface area (Å²) in [6.07, 6.45) is 4.24. The molecule has 0 aromatic rings. The number of rotatable bonds is 4. The molecule has 0 radical (unpaired) electrons. The predicted octanol–water partition coefficient (Wildman–Crippen LogP) is 1.62. The van der Waals surface area contributed by atoms with Crippen molar-refractivity contribution in [1.82, 2.24) is 10.2 Å². The highest BCUT2D eigenvalue weighted by atomic mass is 35.5. The summed E-state index contributed by atoms with van der Waals surface area (Å²) in [5, 5.41) is 3.28. The van der Waals surface area contributed by atoms with Crippen LogP contribution in [0.5, 0.6) is 0 Å². The Morgan fingerprint density at radius 2 is 2.06 bits per heavy atom. The number of nitrogens with one attached hydrogen (secondary N) is 1. The molecule has 1 fully saturated rings. The van der Waals surface area contributed by atoms with Gasteiger partial charge in [0.25, 0.3) is 0 Å². The molecule has 96 valence electrons. The molecule has 0 aliphatic carbocycles. The molecule has 1 aliphatic rings. The average Bonchev–Trinajstić information content (AvgIpc) is 2.28. The summed E-state index contributed by atoms with van der Waals surface area (Å²) < 4.78 is 0. The van der Waals surface area contributed by atoms with Crippen LogP contribution in [0.25, 0.3) is 0 Å². The maximum Gasteiger partial charge on any atom is 0.226 e. The smallest absolute Gasteiger partial charge is 0.226 e. The van der Waals surface area contributed by atoms with Crippen molar-refractivity contribution in [2.75, 3.05) is 32.1 Å². The van der Waals surface area contributed by atoms with Gasteiger partial charge in [-0.25, -0.2) is 0 Å². The molecule has 0 aromatic carbocycles. The number of hydrogen-bond acceptors (Lipinski definition) is 3. The number of carbonyl (C=O) groups excluding carboxylic acids is 1. The molecule has 0 aromatic heterocycles. The molecule has 1 heterocycles. The van der Waals surface area contributed by atoms with Crippen molar-refractivity contribution < 1.29 is 4.79 Å². The monoisotopic (exact) mass is 266 g/mol. The van der Waals surface area contributed by atoms with E-state index in [0.717, 1.165) is 31.7 Å². The zero-order chi connectivity index (χ0) is 11.3. The normalized spacial score (nSPS) is 19.1. The van der Waals surface area contributed by atoms with Crippen LogP contribution < -0.4 is 5.32 Å². The Balaban J connectivity index is 0.00000225. The van der Waals surface area contributed by atoms with Gasteiger partial charge in [0, 0.05) is 30.8 Å². The van der Waals surface area contributed by atoms with Crippen LogP contribution in [0.2, 0.25) is 0 Å². The number of nitrogens with zero attached hydrogens (tertiary/aromatic N) is 1. The van der Waals surface area contributed by atoms with Crippen LogP contribution in [-0.4, -0.2) is 49.0 Å². The van der Waals surface area contributed by atoms with Crippen molar-refractivity contribution in [1.29, 1.82) is 0 Å². The summed E-state index contributed by atoms with van der Waals surface area (Å²) in [4.78, 5) is 14.0. The molecule has 0 spiro atoms. The number of likely N-dealkylation sites (tertiary alicyclic amines) is 1. The molecule has 1 N–H and O–H groups in total. The first-order valence-corrected chi connectivity index (χ1v) is 7.03. The van der Waals surface area contributed by atoms with E-state index in [9.17, 15) is 4.79 Å². The molecule has 0 bridgehead atoms. The quantitative estimate of drug-likeness (QED) is 0.839. The van der Waals surface area contributed by atoms with Gasteiger partial charge in [0.2, 0.25) is 5.91 Å². The molecule has 0 saturated carbocycles. The first-order chi connectivity index (χ1) is 7.19. The highest BCUT2D eigenvalue weighted by Crippen LogP contribution is 2.15. The van der Waals surface area contributed by atoms with E-state index in [4.69, 9.17) is 0 Å². The Kier molecular flexibility index (Phi) is 8.24. The minimum absolute atomic E-state index is 0. The van der Waals surface area contributed by atoms with Crippen LogP contribution >= 0.6 is 24.2 Å². The van der Waals surface area contributed by atoms with Gasteiger partial charge in [-0.1, -0.05) is 6.92 Å². The lowest BCUT2D eigenvalue weighted by Gasteiger charge is -2.33. The Hall–Kier alpha value is 0.0700. The maximum absolute atomic E-state index is 12.0. The van der Waals surface area contributed by atoms with Gasteiger partial charge in [-0.15, -0.1) is 12.4 Å². The highest BCUT2D eigenvalue weighted by molar-refractivity contribution is 7.98. The van der Waals surface area contributed by atoms with E-state index < -0.39 is 0 Å².